The zero-order valence-electron chi connectivity index (χ0n) is 9.71. The first kappa shape index (κ1) is 12.8. The minimum Gasteiger partial charge on any atom is -0.218 e. The van der Waals surface area contributed by atoms with Gasteiger partial charge < -0.3 is 0 Å². The fraction of sp³-hybridized carbons (Fsp3) is 0. The van der Waals surface area contributed by atoms with Crippen molar-refractivity contribution in [3.63, 3.8) is 0 Å². The van der Waals surface area contributed by atoms with Gasteiger partial charge in [0.2, 0.25) is 9.84 Å². The summed E-state index contributed by atoms with van der Waals surface area (Å²) in [5, 5.41) is 2.47. The second-order valence-corrected chi connectivity index (χ2v) is 7.69. The number of hydrogen-bond donors (Lipinski definition) is 0. The zero-order chi connectivity index (χ0) is 13.5. The lowest BCUT2D eigenvalue weighted by atomic mass is 10.3. The van der Waals surface area contributed by atoms with E-state index in [9.17, 15) is 8.42 Å². The largest absolute Gasteiger partial charge is 0.218 e. The van der Waals surface area contributed by atoms with Crippen LogP contribution in [-0.4, -0.2) is 8.42 Å². The third kappa shape index (κ3) is 2.12. The number of sulfone groups is 1. The molecule has 0 bridgehead atoms. The highest BCUT2D eigenvalue weighted by Gasteiger charge is 2.21. The first-order valence-corrected chi connectivity index (χ1v) is 8.72. The van der Waals surface area contributed by atoms with Gasteiger partial charge in [0, 0.05) is 19.9 Å². The second-order valence-electron chi connectivity index (χ2n) is 4.03. The zero-order valence-corrected chi connectivity index (χ0v) is 12.9. The molecule has 0 N–H and O–H groups in total. The van der Waals surface area contributed by atoms with Crippen LogP contribution in [0.15, 0.2) is 68.2 Å². The highest BCUT2D eigenvalue weighted by molar-refractivity contribution is 9.10. The predicted octanol–water partition coefficient (Wildman–Crippen LogP) is 4.50. The molecule has 2 nitrogen and oxygen atoms in total. The van der Waals surface area contributed by atoms with Gasteiger partial charge in [-0.1, -0.05) is 30.3 Å². The van der Waals surface area contributed by atoms with Crippen molar-refractivity contribution in [1.29, 1.82) is 0 Å². The van der Waals surface area contributed by atoms with E-state index >= 15 is 0 Å². The smallest absolute Gasteiger partial charge is 0.208 e. The Balaban J connectivity index is 2.29. The Bertz CT molecular complexity index is 836. The summed E-state index contributed by atoms with van der Waals surface area (Å²) in [4.78, 5) is 0.703. The number of hydrogen-bond acceptors (Lipinski definition) is 3. The van der Waals surface area contributed by atoms with Crippen LogP contribution in [0, 0.1) is 0 Å². The molecule has 3 aromatic rings. The van der Waals surface area contributed by atoms with E-state index in [4.69, 9.17) is 0 Å². The highest BCUT2D eigenvalue weighted by Crippen LogP contribution is 2.36. The average Bonchev–Trinajstić information content (AvgIpc) is 2.86. The normalized spacial score (nSPS) is 11.8. The summed E-state index contributed by atoms with van der Waals surface area (Å²) in [5.74, 6) is 0. The fourth-order valence-corrected chi connectivity index (χ4v) is 5.36. The maximum atomic E-state index is 12.6. The van der Waals surface area contributed by atoms with Gasteiger partial charge >= 0.3 is 0 Å². The van der Waals surface area contributed by atoms with Crippen molar-refractivity contribution in [2.75, 3.05) is 0 Å². The van der Waals surface area contributed by atoms with Gasteiger partial charge in [-0.3, -0.25) is 0 Å². The van der Waals surface area contributed by atoms with Gasteiger partial charge in [-0.05, 0) is 34.1 Å². The number of halogens is 1. The Morgan fingerprint density at radius 3 is 2.42 bits per heavy atom. The van der Waals surface area contributed by atoms with Gasteiger partial charge in [0.05, 0.1) is 9.79 Å². The minimum absolute atomic E-state index is 0.328. The summed E-state index contributed by atoms with van der Waals surface area (Å²) in [5.41, 5.74) is 0. The van der Waals surface area contributed by atoms with Crippen molar-refractivity contribution in [2.24, 2.45) is 0 Å². The lowest BCUT2D eigenvalue weighted by molar-refractivity contribution is 0.597. The third-order valence-electron chi connectivity index (χ3n) is 2.86. The molecule has 0 spiro atoms. The summed E-state index contributed by atoms with van der Waals surface area (Å²) in [7, 11) is -3.45. The van der Waals surface area contributed by atoms with Crippen LogP contribution in [0.5, 0.6) is 0 Å². The molecular weight excluding hydrogens is 344 g/mol. The number of rotatable bonds is 2. The first-order chi connectivity index (χ1) is 9.10. The number of fused-ring (bicyclic) bond motifs is 1. The molecule has 1 heterocycles. The standard InChI is InChI=1S/C14H9BrO2S2/c15-12-8-4-7-11-13(9-18-14(11)12)19(16,17)10-5-2-1-3-6-10/h1-9H. The topological polar surface area (TPSA) is 34.1 Å². The van der Waals surface area contributed by atoms with E-state index in [1.807, 2.05) is 18.2 Å². The SMILES string of the molecule is O=S(=O)(c1ccccc1)c1csc2c(Br)cccc12. The summed E-state index contributed by atoms with van der Waals surface area (Å²) in [6.07, 6.45) is 0. The molecule has 0 amide bonds. The maximum absolute atomic E-state index is 12.6. The van der Waals surface area contributed by atoms with E-state index in [2.05, 4.69) is 15.9 Å². The Labute approximate surface area is 123 Å². The number of thiophene rings is 1. The van der Waals surface area contributed by atoms with Crippen molar-refractivity contribution in [1.82, 2.24) is 0 Å². The van der Waals surface area contributed by atoms with E-state index in [0.717, 1.165) is 14.6 Å². The van der Waals surface area contributed by atoms with Crippen LogP contribution >= 0.6 is 27.3 Å². The molecule has 0 unspecified atom stereocenters. The van der Waals surface area contributed by atoms with Crippen molar-refractivity contribution in [2.45, 2.75) is 9.79 Å². The van der Waals surface area contributed by atoms with Crippen LogP contribution in [0.2, 0.25) is 0 Å². The van der Waals surface area contributed by atoms with Crippen molar-refractivity contribution < 1.29 is 8.42 Å². The Hall–Kier alpha value is -1.17. The maximum Gasteiger partial charge on any atom is 0.208 e. The van der Waals surface area contributed by atoms with Crippen molar-refractivity contribution >= 4 is 47.2 Å². The minimum atomic E-state index is -3.45. The molecule has 19 heavy (non-hydrogen) atoms. The second kappa shape index (κ2) is 4.74. The van der Waals surface area contributed by atoms with E-state index in [1.165, 1.54) is 11.3 Å². The van der Waals surface area contributed by atoms with Crippen LogP contribution in [0.25, 0.3) is 10.1 Å². The van der Waals surface area contributed by atoms with Gasteiger partial charge in [-0.25, -0.2) is 8.42 Å². The molecule has 0 aliphatic heterocycles. The van der Waals surface area contributed by atoms with Crippen LogP contribution in [0.1, 0.15) is 0 Å². The summed E-state index contributed by atoms with van der Waals surface area (Å²) in [6.45, 7) is 0. The van der Waals surface area contributed by atoms with Crippen molar-refractivity contribution in [3.05, 3.63) is 58.4 Å². The van der Waals surface area contributed by atoms with Gasteiger partial charge in [-0.15, -0.1) is 11.3 Å². The van der Waals surface area contributed by atoms with Crippen molar-refractivity contribution in [3.8, 4) is 0 Å². The Morgan fingerprint density at radius 2 is 1.68 bits per heavy atom. The quantitative estimate of drug-likeness (QED) is 0.680. The molecule has 5 heteroatoms. The summed E-state index contributed by atoms with van der Waals surface area (Å²) >= 11 is 4.88. The van der Waals surface area contributed by atoms with Gasteiger partial charge in [0.15, 0.2) is 0 Å². The molecule has 3 rings (SSSR count). The number of benzene rings is 2. The van der Waals surface area contributed by atoms with Gasteiger partial charge in [-0.2, -0.15) is 0 Å². The van der Waals surface area contributed by atoms with Crippen LogP contribution in [0.3, 0.4) is 0 Å². The molecule has 0 fully saturated rings. The molecule has 1 aromatic heterocycles. The highest BCUT2D eigenvalue weighted by atomic mass is 79.9. The Morgan fingerprint density at radius 1 is 0.947 bits per heavy atom. The lowest BCUT2D eigenvalue weighted by Crippen LogP contribution is -2.00. The fourth-order valence-electron chi connectivity index (χ4n) is 1.93. The van der Waals surface area contributed by atoms with E-state index < -0.39 is 9.84 Å². The summed E-state index contributed by atoms with van der Waals surface area (Å²) < 4.78 is 27.1. The summed E-state index contributed by atoms with van der Waals surface area (Å²) in [6, 6.07) is 14.1. The lowest BCUT2D eigenvalue weighted by Gasteiger charge is -2.03. The first-order valence-electron chi connectivity index (χ1n) is 5.56. The molecule has 0 saturated heterocycles. The van der Waals surface area contributed by atoms with E-state index in [-0.39, 0.29) is 0 Å². The third-order valence-corrected chi connectivity index (χ3v) is 6.77. The molecule has 0 atom stereocenters. The molecule has 0 saturated carbocycles. The Kier molecular flexibility index (Phi) is 3.20. The molecule has 96 valence electrons. The van der Waals surface area contributed by atoms with Gasteiger partial charge in [0.25, 0.3) is 0 Å². The van der Waals surface area contributed by atoms with Crippen LogP contribution < -0.4 is 0 Å². The molecule has 0 radical (unpaired) electrons. The molecule has 0 aliphatic rings. The molecule has 0 aliphatic carbocycles. The predicted molar refractivity (Wildman–Crippen MR) is 81.4 cm³/mol. The van der Waals surface area contributed by atoms with E-state index in [1.54, 1.807) is 35.7 Å². The van der Waals surface area contributed by atoms with E-state index in [0.29, 0.717) is 9.79 Å². The van der Waals surface area contributed by atoms with Crippen LogP contribution in [0.4, 0.5) is 0 Å². The molecular formula is C14H9BrO2S2. The monoisotopic (exact) mass is 352 g/mol. The average molecular weight is 353 g/mol. The molecule has 2 aromatic carbocycles. The van der Waals surface area contributed by atoms with Crippen LogP contribution in [-0.2, 0) is 9.84 Å². The van der Waals surface area contributed by atoms with Gasteiger partial charge in [0.1, 0.15) is 0 Å².